The van der Waals surface area contributed by atoms with E-state index in [1.807, 2.05) is 0 Å². The largest absolute Gasteiger partial charge is 0.378 e. The van der Waals surface area contributed by atoms with Gasteiger partial charge in [-0.25, -0.2) is 9.97 Å². The number of fused-ring (bicyclic) bond motifs is 2. The maximum Gasteiger partial charge on any atom is 0.140 e. The maximum absolute atomic E-state index is 5.86. The Balaban J connectivity index is 1.56. The van der Waals surface area contributed by atoms with Crippen LogP contribution in [0.4, 0.5) is 5.82 Å². The van der Waals surface area contributed by atoms with Gasteiger partial charge < -0.3 is 9.64 Å². The molecule has 0 radical (unpaired) electrons. The van der Waals surface area contributed by atoms with E-state index in [2.05, 4.69) is 38.1 Å². The first kappa shape index (κ1) is 14.4. The molecular formula is C16H22N4OS. The summed E-state index contributed by atoms with van der Waals surface area (Å²) >= 11 is 1.68. The fourth-order valence-corrected chi connectivity index (χ4v) is 4.47. The standard InChI is InChI=1S/C16H22N4OS/c1-2-3-12-9-21-10-13-8-19(5-6-20(12)13)15-14-4-7-22-16(14)18-11-17-15/h4,7,11-13H,2-3,5-6,8-10H2,1H3/t12-,13+/m0/s1. The average molecular weight is 318 g/mol. The Morgan fingerprint density at radius 2 is 2.27 bits per heavy atom. The summed E-state index contributed by atoms with van der Waals surface area (Å²) in [5.74, 6) is 1.09. The molecule has 2 aliphatic rings. The Morgan fingerprint density at radius 3 is 3.18 bits per heavy atom. The third-order valence-electron chi connectivity index (χ3n) is 4.78. The van der Waals surface area contributed by atoms with E-state index in [-0.39, 0.29) is 0 Å². The topological polar surface area (TPSA) is 41.5 Å². The molecule has 2 fully saturated rings. The Morgan fingerprint density at radius 1 is 1.32 bits per heavy atom. The van der Waals surface area contributed by atoms with Crippen molar-refractivity contribution in [2.24, 2.45) is 0 Å². The van der Waals surface area contributed by atoms with Crippen molar-refractivity contribution in [3.05, 3.63) is 17.8 Å². The number of hydrogen-bond acceptors (Lipinski definition) is 6. The van der Waals surface area contributed by atoms with Crippen LogP contribution in [-0.2, 0) is 4.74 Å². The molecule has 0 bridgehead atoms. The van der Waals surface area contributed by atoms with Crippen LogP contribution in [0.15, 0.2) is 17.8 Å². The van der Waals surface area contributed by atoms with Crippen LogP contribution >= 0.6 is 11.3 Å². The Hall–Kier alpha value is -1.24. The van der Waals surface area contributed by atoms with Gasteiger partial charge in [-0.1, -0.05) is 13.3 Å². The van der Waals surface area contributed by atoms with Gasteiger partial charge in [0.25, 0.3) is 0 Å². The van der Waals surface area contributed by atoms with Gasteiger partial charge in [0.05, 0.1) is 24.6 Å². The molecule has 5 nitrogen and oxygen atoms in total. The van der Waals surface area contributed by atoms with Crippen molar-refractivity contribution >= 4 is 27.4 Å². The predicted octanol–water partition coefficient (Wildman–Crippen LogP) is 2.38. The van der Waals surface area contributed by atoms with Gasteiger partial charge in [-0.05, 0) is 17.9 Å². The smallest absolute Gasteiger partial charge is 0.140 e. The zero-order chi connectivity index (χ0) is 14.9. The first-order valence-corrected chi connectivity index (χ1v) is 9.01. The quantitative estimate of drug-likeness (QED) is 0.869. The molecule has 0 aliphatic carbocycles. The van der Waals surface area contributed by atoms with Crippen LogP contribution in [0.5, 0.6) is 0 Å². The first-order valence-electron chi connectivity index (χ1n) is 8.13. The van der Waals surface area contributed by atoms with Crippen LogP contribution < -0.4 is 4.90 Å². The van der Waals surface area contributed by atoms with Gasteiger partial charge in [0.15, 0.2) is 0 Å². The summed E-state index contributed by atoms with van der Waals surface area (Å²) in [4.78, 5) is 15.1. The summed E-state index contributed by atoms with van der Waals surface area (Å²) in [6.07, 6.45) is 4.15. The summed E-state index contributed by atoms with van der Waals surface area (Å²) in [5, 5.41) is 3.28. The number of rotatable bonds is 3. The van der Waals surface area contributed by atoms with E-state index in [9.17, 15) is 0 Å². The van der Waals surface area contributed by atoms with E-state index >= 15 is 0 Å². The molecule has 22 heavy (non-hydrogen) atoms. The van der Waals surface area contributed by atoms with Crippen molar-refractivity contribution in [2.75, 3.05) is 37.7 Å². The van der Waals surface area contributed by atoms with E-state index < -0.39 is 0 Å². The Labute approximate surface area is 134 Å². The third kappa shape index (κ3) is 2.49. The van der Waals surface area contributed by atoms with Crippen LogP contribution in [0.2, 0.25) is 0 Å². The van der Waals surface area contributed by atoms with Gasteiger partial charge in [0.2, 0.25) is 0 Å². The van der Waals surface area contributed by atoms with E-state index in [0.717, 1.165) is 43.5 Å². The maximum atomic E-state index is 5.86. The highest BCUT2D eigenvalue weighted by atomic mass is 32.1. The van der Waals surface area contributed by atoms with Gasteiger partial charge in [-0.2, -0.15) is 0 Å². The molecule has 4 heterocycles. The number of morpholine rings is 1. The van der Waals surface area contributed by atoms with E-state index in [0.29, 0.717) is 12.1 Å². The molecule has 2 aromatic heterocycles. The molecule has 4 rings (SSSR count). The summed E-state index contributed by atoms with van der Waals surface area (Å²) in [6.45, 7) is 7.14. The van der Waals surface area contributed by atoms with Gasteiger partial charge in [-0.15, -0.1) is 11.3 Å². The molecule has 0 unspecified atom stereocenters. The summed E-state index contributed by atoms with van der Waals surface area (Å²) < 4.78 is 5.86. The van der Waals surface area contributed by atoms with Gasteiger partial charge >= 0.3 is 0 Å². The van der Waals surface area contributed by atoms with Gasteiger partial charge in [0, 0.05) is 25.7 Å². The first-order chi connectivity index (χ1) is 10.9. The van der Waals surface area contributed by atoms with Crippen LogP contribution in [-0.4, -0.2) is 59.8 Å². The SMILES string of the molecule is CCC[C@H]1COC[C@H]2CN(c3ncnc4sccc34)CCN12. The zero-order valence-electron chi connectivity index (χ0n) is 12.9. The lowest BCUT2D eigenvalue weighted by Gasteiger charge is -2.48. The number of hydrogen-bond donors (Lipinski definition) is 0. The van der Waals surface area contributed by atoms with Crippen molar-refractivity contribution in [2.45, 2.75) is 31.8 Å². The molecule has 2 aliphatic heterocycles. The highest BCUT2D eigenvalue weighted by Gasteiger charge is 2.35. The van der Waals surface area contributed by atoms with Crippen molar-refractivity contribution < 1.29 is 4.74 Å². The minimum Gasteiger partial charge on any atom is -0.378 e. The number of anilines is 1. The average Bonchev–Trinajstić information content (AvgIpc) is 3.03. The minimum absolute atomic E-state index is 0.489. The third-order valence-corrected chi connectivity index (χ3v) is 5.60. The van der Waals surface area contributed by atoms with Crippen LogP contribution in [0, 0.1) is 0 Å². The number of ether oxygens (including phenoxy) is 1. The van der Waals surface area contributed by atoms with E-state index in [1.54, 1.807) is 17.7 Å². The zero-order valence-corrected chi connectivity index (χ0v) is 13.8. The second-order valence-electron chi connectivity index (χ2n) is 6.15. The van der Waals surface area contributed by atoms with Gasteiger partial charge in [0.1, 0.15) is 17.0 Å². The summed E-state index contributed by atoms with van der Waals surface area (Å²) in [7, 11) is 0. The molecule has 0 saturated carbocycles. The van der Waals surface area contributed by atoms with Crippen LogP contribution in [0.1, 0.15) is 19.8 Å². The second-order valence-corrected chi connectivity index (χ2v) is 7.05. The molecule has 0 N–H and O–H groups in total. The molecule has 2 aromatic rings. The van der Waals surface area contributed by atoms with Crippen molar-refractivity contribution in [1.29, 1.82) is 0 Å². The molecule has 0 spiro atoms. The lowest BCUT2D eigenvalue weighted by atomic mass is 10.0. The normalized spacial score (nSPS) is 26.3. The number of thiophene rings is 1. The van der Waals surface area contributed by atoms with Crippen LogP contribution in [0.25, 0.3) is 10.2 Å². The molecule has 6 heteroatoms. The molecular weight excluding hydrogens is 296 g/mol. The summed E-state index contributed by atoms with van der Waals surface area (Å²) in [5.41, 5.74) is 0. The monoisotopic (exact) mass is 318 g/mol. The predicted molar refractivity (Wildman–Crippen MR) is 89.6 cm³/mol. The molecule has 0 aromatic carbocycles. The Bertz CT molecular complexity index is 644. The minimum atomic E-state index is 0.489. The fourth-order valence-electron chi connectivity index (χ4n) is 3.74. The highest BCUT2D eigenvalue weighted by Crippen LogP contribution is 2.30. The lowest BCUT2D eigenvalue weighted by molar-refractivity contribution is -0.0558. The fraction of sp³-hybridized carbons (Fsp3) is 0.625. The molecule has 2 saturated heterocycles. The van der Waals surface area contributed by atoms with Crippen molar-refractivity contribution in [3.63, 3.8) is 0 Å². The number of nitrogens with zero attached hydrogens (tertiary/aromatic N) is 4. The number of aromatic nitrogens is 2. The molecule has 0 amide bonds. The molecule has 2 atom stereocenters. The van der Waals surface area contributed by atoms with E-state index in [1.165, 1.54) is 18.2 Å². The summed E-state index contributed by atoms with van der Waals surface area (Å²) in [6, 6.07) is 3.22. The van der Waals surface area contributed by atoms with Crippen molar-refractivity contribution in [1.82, 2.24) is 14.9 Å². The van der Waals surface area contributed by atoms with Crippen molar-refractivity contribution in [3.8, 4) is 0 Å². The number of piperazine rings is 1. The van der Waals surface area contributed by atoms with Crippen LogP contribution in [0.3, 0.4) is 0 Å². The van der Waals surface area contributed by atoms with Gasteiger partial charge in [-0.3, -0.25) is 4.90 Å². The highest BCUT2D eigenvalue weighted by molar-refractivity contribution is 7.16. The Kier molecular flexibility index (Phi) is 3.98. The van der Waals surface area contributed by atoms with E-state index in [4.69, 9.17) is 4.74 Å². The lowest BCUT2D eigenvalue weighted by Crippen LogP contribution is -2.62. The second kappa shape index (κ2) is 6.10. The molecule has 118 valence electrons.